The molecule has 0 spiro atoms. The summed E-state index contributed by atoms with van der Waals surface area (Å²) in [5.41, 5.74) is 2.77. The molecule has 118 valence electrons. The molecule has 1 aromatic rings. The minimum atomic E-state index is 0.0579. The first-order valence-electron chi connectivity index (χ1n) is 7.92. The van der Waals surface area contributed by atoms with Gasteiger partial charge in [-0.15, -0.1) is 0 Å². The predicted molar refractivity (Wildman–Crippen MR) is 86.1 cm³/mol. The molecule has 2 amide bonds. The zero-order chi connectivity index (χ0) is 15.9. The SMILES string of the molecule is CC(=O)N1CCc2cc(C(=O)N3C[C@H](C)N[C@@H](C)C3)ccc21. The van der Waals surface area contributed by atoms with Gasteiger partial charge in [0, 0.05) is 49.9 Å². The molecule has 3 rings (SSSR count). The maximum absolute atomic E-state index is 12.7. The first-order valence-corrected chi connectivity index (χ1v) is 7.92. The van der Waals surface area contributed by atoms with Crippen LogP contribution in [0.25, 0.3) is 0 Å². The first kappa shape index (κ1) is 15.0. The highest BCUT2D eigenvalue weighted by molar-refractivity contribution is 5.98. The molecule has 0 saturated carbocycles. The van der Waals surface area contributed by atoms with Crippen molar-refractivity contribution in [3.05, 3.63) is 29.3 Å². The number of nitrogens with zero attached hydrogens (tertiary/aromatic N) is 2. The van der Waals surface area contributed by atoms with E-state index in [-0.39, 0.29) is 11.8 Å². The Morgan fingerprint density at radius 3 is 2.50 bits per heavy atom. The smallest absolute Gasteiger partial charge is 0.253 e. The number of carbonyl (C=O) groups is 2. The second-order valence-corrected chi connectivity index (χ2v) is 6.44. The second-order valence-electron chi connectivity index (χ2n) is 6.44. The molecular formula is C17H23N3O2. The van der Waals surface area contributed by atoms with Gasteiger partial charge in [-0.25, -0.2) is 0 Å². The molecule has 1 N–H and O–H groups in total. The Labute approximate surface area is 131 Å². The summed E-state index contributed by atoms with van der Waals surface area (Å²) in [5.74, 6) is 0.145. The highest BCUT2D eigenvalue weighted by atomic mass is 16.2. The molecule has 1 saturated heterocycles. The normalized spacial score (nSPS) is 24.3. The largest absolute Gasteiger partial charge is 0.336 e. The van der Waals surface area contributed by atoms with Gasteiger partial charge in [-0.05, 0) is 44.0 Å². The van der Waals surface area contributed by atoms with Gasteiger partial charge >= 0.3 is 0 Å². The van der Waals surface area contributed by atoms with Crippen LogP contribution in [0.5, 0.6) is 0 Å². The fourth-order valence-electron chi connectivity index (χ4n) is 3.54. The van der Waals surface area contributed by atoms with Gasteiger partial charge in [0.1, 0.15) is 0 Å². The molecule has 0 aromatic heterocycles. The summed E-state index contributed by atoms with van der Waals surface area (Å²) in [6, 6.07) is 6.34. The van der Waals surface area contributed by atoms with E-state index in [4.69, 9.17) is 0 Å². The van der Waals surface area contributed by atoms with Crippen LogP contribution in [0.2, 0.25) is 0 Å². The van der Waals surface area contributed by atoms with Crippen LogP contribution in [-0.4, -0.2) is 48.4 Å². The van der Waals surface area contributed by atoms with E-state index < -0.39 is 0 Å². The summed E-state index contributed by atoms with van der Waals surface area (Å²) in [6.45, 7) is 7.97. The first-order chi connectivity index (χ1) is 10.5. The number of carbonyl (C=O) groups excluding carboxylic acids is 2. The van der Waals surface area contributed by atoms with Crippen LogP contribution < -0.4 is 10.2 Å². The summed E-state index contributed by atoms with van der Waals surface area (Å²) >= 11 is 0. The van der Waals surface area contributed by atoms with Crippen LogP contribution in [0.4, 0.5) is 5.69 Å². The lowest BCUT2D eigenvalue weighted by atomic mass is 10.1. The maximum Gasteiger partial charge on any atom is 0.253 e. The second kappa shape index (κ2) is 5.72. The number of hydrogen-bond donors (Lipinski definition) is 1. The monoisotopic (exact) mass is 301 g/mol. The molecule has 2 aliphatic heterocycles. The Hall–Kier alpha value is -1.88. The number of amides is 2. The molecule has 0 unspecified atom stereocenters. The van der Waals surface area contributed by atoms with E-state index in [1.165, 1.54) is 0 Å². The molecule has 0 radical (unpaired) electrons. The quantitative estimate of drug-likeness (QED) is 0.853. The van der Waals surface area contributed by atoms with Crippen molar-refractivity contribution in [2.24, 2.45) is 0 Å². The molecule has 2 heterocycles. The van der Waals surface area contributed by atoms with Crippen molar-refractivity contribution < 1.29 is 9.59 Å². The number of nitrogens with one attached hydrogen (secondary N) is 1. The standard InChI is InChI=1S/C17H23N3O2/c1-11-9-19(10-12(2)18-11)17(22)15-4-5-16-14(8-15)6-7-20(16)13(3)21/h4-5,8,11-12,18H,6-7,9-10H2,1-3H3/t11-,12-/m0/s1. The number of hydrogen-bond acceptors (Lipinski definition) is 3. The maximum atomic E-state index is 12.7. The van der Waals surface area contributed by atoms with E-state index in [0.717, 1.165) is 36.3 Å². The topological polar surface area (TPSA) is 52.7 Å². The molecule has 0 bridgehead atoms. The third-order valence-electron chi connectivity index (χ3n) is 4.45. The zero-order valence-corrected chi connectivity index (χ0v) is 13.4. The van der Waals surface area contributed by atoms with Crippen LogP contribution in [0.15, 0.2) is 18.2 Å². The van der Waals surface area contributed by atoms with Crippen molar-refractivity contribution >= 4 is 17.5 Å². The van der Waals surface area contributed by atoms with Crippen LogP contribution in [0, 0.1) is 0 Å². The Kier molecular flexibility index (Phi) is 3.91. The van der Waals surface area contributed by atoms with Gasteiger partial charge in [-0.3, -0.25) is 9.59 Å². The molecule has 2 aliphatic rings. The van der Waals surface area contributed by atoms with Crippen LogP contribution >= 0.6 is 0 Å². The number of benzene rings is 1. The Balaban J connectivity index is 1.81. The van der Waals surface area contributed by atoms with Crippen LogP contribution in [0.1, 0.15) is 36.7 Å². The summed E-state index contributed by atoms with van der Waals surface area (Å²) in [5, 5.41) is 3.44. The van der Waals surface area contributed by atoms with Gasteiger partial charge in [0.15, 0.2) is 0 Å². The van der Waals surface area contributed by atoms with Crippen molar-refractivity contribution in [1.82, 2.24) is 10.2 Å². The Morgan fingerprint density at radius 2 is 1.86 bits per heavy atom. The average Bonchev–Trinajstić information content (AvgIpc) is 2.88. The van der Waals surface area contributed by atoms with Crippen molar-refractivity contribution in [2.45, 2.75) is 39.3 Å². The van der Waals surface area contributed by atoms with Gasteiger partial charge in [0.05, 0.1) is 0 Å². The summed E-state index contributed by atoms with van der Waals surface area (Å²) in [4.78, 5) is 28.0. The van der Waals surface area contributed by atoms with Gasteiger partial charge in [0.2, 0.25) is 5.91 Å². The minimum absolute atomic E-state index is 0.0579. The van der Waals surface area contributed by atoms with E-state index in [1.54, 1.807) is 11.8 Å². The van der Waals surface area contributed by atoms with Crippen LogP contribution in [0.3, 0.4) is 0 Å². The molecule has 22 heavy (non-hydrogen) atoms. The zero-order valence-electron chi connectivity index (χ0n) is 13.4. The highest BCUT2D eigenvalue weighted by Gasteiger charge is 2.27. The van der Waals surface area contributed by atoms with Gasteiger partial charge in [-0.2, -0.15) is 0 Å². The van der Waals surface area contributed by atoms with E-state index in [1.807, 2.05) is 23.1 Å². The van der Waals surface area contributed by atoms with E-state index in [0.29, 0.717) is 18.6 Å². The molecule has 5 heteroatoms. The Bertz CT molecular complexity index is 604. The molecular weight excluding hydrogens is 278 g/mol. The number of fused-ring (bicyclic) bond motifs is 1. The highest BCUT2D eigenvalue weighted by Crippen LogP contribution is 2.29. The number of anilines is 1. The summed E-state index contributed by atoms with van der Waals surface area (Å²) in [6.07, 6.45) is 0.824. The van der Waals surface area contributed by atoms with Crippen molar-refractivity contribution in [2.75, 3.05) is 24.5 Å². The summed E-state index contributed by atoms with van der Waals surface area (Å²) < 4.78 is 0. The average molecular weight is 301 g/mol. The summed E-state index contributed by atoms with van der Waals surface area (Å²) in [7, 11) is 0. The lowest BCUT2D eigenvalue weighted by Gasteiger charge is -2.36. The molecule has 5 nitrogen and oxygen atoms in total. The fraction of sp³-hybridized carbons (Fsp3) is 0.529. The third-order valence-corrected chi connectivity index (χ3v) is 4.45. The predicted octanol–water partition coefficient (Wildman–Crippen LogP) is 1.42. The fourth-order valence-corrected chi connectivity index (χ4v) is 3.54. The molecule has 1 fully saturated rings. The molecule has 0 aliphatic carbocycles. The van der Waals surface area contributed by atoms with Crippen molar-refractivity contribution in [3.63, 3.8) is 0 Å². The third kappa shape index (κ3) is 2.73. The number of piperazine rings is 1. The van der Waals surface area contributed by atoms with Gasteiger partial charge < -0.3 is 15.1 Å². The molecule has 2 atom stereocenters. The van der Waals surface area contributed by atoms with E-state index in [9.17, 15) is 9.59 Å². The Morgan fingerprint density at radius 1 is 1.18 bits per heavy atom. The van der Waals surface area contributed by atoms with Gasteiger partial charge in [-0.1, -0.05) is 0 Å². The van der Waals surface area contributed by atoms with E-state index >= 15 is 0 Å². The van der Waals surface area contributed by atoms with Crippen LogP contribution in [-0.2, 0) is 11.2 Å². The molecule has 1 aromatic carbocycles. The minimum Gasteiger partial charge on any atom is -0.336 e. The lowest BCUT2D eigenvalue weighted by molar-refractivity contribution is -0.116. The lowest BCUT2D eigenvalue weighted by Crippen LogP contribution is -2.55. The van der Waals surface area contributed by atoms with Gasteiger partial charge in [0.25, 0.3) is 5.91 Å². The van der Waals surface area contributed by atoms with E-state index in [2.05, 4.69) is 19.2 Å². The number of rotatable bonds is 1. The van der Waals surface area contributed by atoms with Crippen molar-refractivity contribution in [1.29, 1.82) is 0 Å². The van der Waals surface area contributed by atoms with Crippen molar-refractivity contribution in [3.8, 4) is 0 Å².